The lowest BCUT2D eigenvalue weighted by molar-refractivity contribution is 0.00578. The minimum atomic E-state index is -1.52. The maximum absolute atomic E-state index is 6.32. The molecular weight excluding hydrogens is 279 g/mol. The molecule has 2 aliphatic heterocycles. The molecule has 4 nitrogen and oxygen atoms in total. The van der Waals surface area contributed by atoms with Gasteiger partial charge in [0.25, 0.3) is 0 Å². The molecule has 1 aromatic rings. The topological polar surface area (TPSA) is 36.3 Å². The molecule has 0 aliphatic carbocycles. The van der Waals surface area contributed by atoms with Crippen LogP contribution in [-0.2, 0) is 22.3 Å². The molecule has 0 bridgehead atoms. The van der Waals surface area contributed by atoms with E-state index in [-0.39, 0.29) is 18.3 Å². The highest BCUT2D eigenvalue weighted by atomic mass is 28.3. The third-order valence-electron chi connectivity index (χ3n) is 5.08. The third-order valence-corrected chi connectivity index (χ3v) is 6.87. The summed E-state index contributed by atoms with van der Waals surface area (Å²) in [6.45, 7) is 16.5. The Hall–Kier alpha value is -0.588. The Balaban J connectivity index is 2.07. The molecule has 6 heteroatoms. The second-order valence-electron chi connectivity index (χ2n) is 8.37. The van der Waals surface area contributed by atoms with Gasteiger partial charge in [0.1, 0.15) is 8.07 Å². The Bertz CT molecular complexity index is 559. The lowest BCUT2D eigenvalue weighted by Gasteiger charge is -2.32. The number of hydrogen-bond donors (Lipinski definition) is 0. The molecule has 0 radical (unpaired) electrons. The number of fused-ring (bicyclic) bond motifs is 1. The molecule has 3 rings (SSSR count). The molecule has 0 spiro atoms. The van der Waals surface area contributed by atoms with Gasteiger partial charge in [-0.1, -0.05) is 19.6 Å². The van der Waals surface area contributed by atoms with Gasteiger partial charge in [-0.25, -0.2) is 0 Å². The summed E-state index contributed by atoms with van der Waals surface area (Å²) in [7, 11) is -1.79. The molecule has 0 atom stereocenters. The van der Waals surface area contributed by atoms with E-state index in [9.17, 15) is 0 Å². The van der Waals surface area contributed by atoms with Crippen LogP contribution in [-0.4, -0.2) is 36.2 Å². The van der Waals surface area contributed by atoms with E-state index >= 15 is 0 Å². The highest BCUT2D eigenvalue weighted by molar-refractivity contribution is 6.92. The lowest BCUT2D eigenvalue weighted by atomic mass is 9.78. The van der Waals surface area contributed by atoms with E-state index in [1.807, 2.05) is 0 Å². The molecule has 1 saturated heterocycles. The van der Waals surface area contributed by atoms with Crippen LogP contribution in [0, 0.1) is 0 Å². The van der Waals surface area contributed by atoms with E-state index < -0.39 is 8.07 Å². The Morgan fingerprint density at radius 1 is 1.10 bits per heavy atom. The zero-order valence-electron chi connectivity index (χ0n) is 14.4. The van der Waals surface area contributed by atoms with Crippen molar-refractivity contribution >= 4 is 26.0 Å². The smallest absolute Gasteiger partial charge is 0.399 e. The van der Waals surface area contributed by atoms with Gasteiger partial charge in [0.15, 0.2) is 0 Å². The number of aryl methyl sites for hydroxylation is 1. The lowest BCUT2D eigenvalue weighted by Crippen LogP contribution is -2.54. The molecule has 0 unspecified atom stereocenters. The van der Waals surface area contributed by atoms with Crippen molar-refractivity contribution < 1.29 is 9.31 Å². The Morgan fingerprint density at radius 3 is 2.19 bits per heavy atom. The fourth-order valence-electron chi connectivity index (χ4n) is 3.12. The molecule has 21 heavy (non-hydrogen) atoms. The summed E-state index contributed by atoms with van der Waals surface area (Å²) in [5.74, 6) is 0. The minimum absolute atomic E-state index is 0.265. The Morgan fingerprint density at radius 2 is 1.67 bits per heavy atom. The van der Waals surface area contributed by atoms with E-state index in [0.29, 0.717) is 0 Å². The molecule has 3 heterocycles. The molecule has 1 aromatic heterocycles. The van der Waals surface area contributed by atoms with Gasteiger partial charge in [-0.2, -0.15) is 5.10 Å². The molecule has 116 valence electrons. The van der Waals surface area contributed by atoms with Gasteiger partial charge >= 0.3 is 7.12 Å². The predicted molar refractivity (Wildman–Crippen MR) is 89.2 cm³/mol. The minimum Gasteiger partial charge on any atom is -0.399 e. The van der Waals surface area contributed by atoms with Crippen molar-refractivity contribution in [3.05, 3.63) is 5.69 Å². The van der Waals surface area contributed by atoms with Crippen LogP contribution in [0.25, 0.3) is 0 Å². The van der Waals surface area contributed by atoms with E-state index in [1.54, 1.807) is 0 Å². The highest BCUT2D eigenvalue weighted by Crippen LogP contribution is 2.37. The Labute approximate surface area is 129 Å². The molecule has 0 saturated carbocycles. The monoisotopic (exact) mass is 306 g/mol. The van der Waals surface area contributed by atoms with E-state index in [1.165, 1.54) is 22.9 Å². The zero-order valence-corrected chi connectivity index (χ0v) is 15.4. The fourth-order valence-corrected chi connectivity index (χ4v) is 4.61. The zero-order chi connectivity index (χ0) is 15.6. The first-order valence-electron chi connectivity index (χ1n) is 7.99. The summed E-state index contributed by atoms with van der Waals surface area (Å²) < 4.78 is 14.8. The van der Waals surface area contributed by atoms with Crippen LogP contribution in [0.15, 0.2) is 0 Å². The molecule has 0 N–H and O–H groups in total. The maximum Gasteiger partial charge on any atom is 0.498 e. The summed E-state index contributed by atoms with van der Waals surface area (Å²) >= 11 is 0. The van der Waals surface area contributed by atoms with Crippen molar-refractivity contribution in [3.8, 4) is 0 Å². The third kappa shape index (κ3) is 2.32. The second kappa shape index (κ2) is 4.46. The SMILES string of the molecule is CC1(C)OB(c2c([Si](C)(C)C)nn3c2CCC3)OC1(C)C. The van der Waals surface area contributed by atoms with Crippen molar-refractivity contribution in [2.24, 2.45) is 0 Å². The normalized spacial score (nSPS) is 23.7. The Kier molecular flexibility index (Phi) is 3.25. The first-order chi connectivity index (χ1) is 9.53. The van der Waals surface area contributed by atoms with Crippen LogP contribution in [0.5, 0.6) is 0 Å². The molecule has 0 amide bonds. The van der Waals surface area contributed by atoms with E-state index in [2.05, 4.69) is 52.0 Å². The van der Waals surface area contributed by atoms with Gasteiger partial charge in [0.05, 0.1) is 11.2 Å². The summed E-state index contributed by atoms with van der Waals surface area (Å²) in [6.07, 6.45) is 2.28. The van der Waals surface area contributed by atoms with Gasteiger partial charge in [-0.3, -0.25) is 4.68 Å². The van der Waals surface area contributed by atoms with Crippen molar-refractivity contribution in [1.82, 2.24) is 9.78 Å². The van der Waals surface area contributed by atoms with Gasteiger partial charge in [-0.05, 0) is 40.5 Å². The fraction of sp³-hybridized carbons (Fsp3) is 0.800. The van der Waals surface area contributed by atoms with Gasteiger partial charge in [0.2, 0.25) is 0 Å². The average molecular weight is 306 g/mol. The summed E-state index contributed by atoms with van der Waals surface area (Å²) in [5, 5.41) is 6.18. The number of nitrogens with zero attached hydrogens (tertiary/aromatic N) is 2. The van der Waals surface area contributed by atoms with Gasteiger partial charge in [-0.15, -0.1) is 0 Å². The van der Waals surface area contributed by atoms with Crippen LogP contribution in [0.2, 0.25) is 19.6 Å². The van der Waals surface area contributed by atoms with Crippen LogP contribution in [0.3, 0.4) is 0 Å². The van der Waals surface area contributed by atoms with E-state index in [0.717, 1.165) is 13.0 Å². The molecule has 0 aromatic carbocycles. The van der Waals surface area contributed by atoms with Gasteiger partial charge < -0.3 is 9.31 Å². The average Bonchev–Trinajstić information content (AvgIpc) is 2.88. The predicted octanol–water partition coefficient (Wildman–Crippen LogP) is 1.67. The summed E-state index contributed by atoms with van der Waals surface area (Å²) in [6, 6.07) is 0. The summed E-state index contributed by atoms with van der Waals surface area (Å²) in [4.78, 5) is 0. The van der Waals surface area contributed by atoms with Crippen LogP contribution in [0.4, 0.5) is 0 Å². The van der Waals surface area contributed by atoms with Crippen LogP contribution < -0.4 is 10.8 Å². The number of aromatic nitrogens is 2. The highest BCUT2D eigenvalue weighted by Gasteiger charge is 2.54. The standard InChI is InChI=1S/C15H27BN2O2Si/c1-14(2)15(3,4)20-16(19-14)12-11-9-8-10-18(11)17-13(12)21(5,6)7/h8-10H2,1-7H3. The molecular formula is C15H27BN2O2Si. The molecule has 1 fully saturated rings. The van der Waals surface area contributed by atoms with Crippen LogP contribution >= 0.6 is 0 Å². The quantitative estimate of drug-likeness (QED) is 0.780. The number of hydrogen-bond acceptors (Lipinski definition) is 3. The number of rotatable bonds is 2. The van der Waals surface area contributed by atoms with Crippen molar-refractivity contribution in [2.45, 2.75) is 77.9 Å². The molecule has 2 aliphatic rings. The van der Waals surface area contributed by atoms with Crippen molar-refractivity contribution in [3.63, 3.8) is 0 Å². The second-order valence-corrected chi connectivity index (χ2v) is 13.3. The van der Waals surface area contributed by atoms with E-state index in [4.69, 9.17) is 14.4 Å². The van der Waals surface area contributed by atoms with Crippen LogP contribution in [0.1, 0.15) is 39.8 Å². The largest absolute Gasteiger partial charge is 0.498 e. The van der Waals surface area contributed by atoms with Crippen molar-refractivity contribution in [2.75, 3.05) is 0 Å². The van der Waals surface area contributed by atoms with Crippen molar-refractivity contribution in [1.29, 1.82) is 0 Å². The maximum atomic E-state index is 6.32. The first kappa shape index (κ1) is 15.3. The van der Waals surface area contributed by atoms with Gasteiger partial charge in [0, 0.05) is 23.0 Å². The first-order valence-corrected chi connectivity index (χ1v) is 11.5. The summed E-state index contributed by atoms with van der Waals surface area (Å²) in [5.41, 5.74) is 2.00.